The van der Waals surface area contributed by atoms with Crippen LogP contribution >= 0.6 is 23.1 Å². The van der Waals surface area contributed by atoms with Crippen LogP contribution in [0.15, 0.2) is 12.1 Å². The monoisotopic (exact) mass is 291 g/mol. The van der Waals surface area contributed by atoms with E-state index in [2.05, 4.69) is 48.7 Å². The van der Waals surface area contributed by atoms with E-state index in [4.69, 9.17) is 16.9 Å². The fourth-order valence-corrected chi connectivity index (χ4v) is 3.08. The number of nitrogens with zero attached hydrogens (tertiary/aromatic N) is 2. The lowest BCUT2D eigenvalue weighted by Crippen LogP contribution is -2.04. The highest BCUT2D eigenvalue weighted by Crippen LogP contribution is 2.28. The molecule has 5 heteroatoms. The van der Waals surface area contributed by atoms with E-state index in [0.717, 1.165) is 5.00 Å². The predicted molar refractivity (Wildman–Crippen MR) is 79.8 cm³/mol. The molecule has 0 fully saturated rings. The Bertz CT molecular complexity index is 632. The van der Waals surface area contributed by atoms with Crippen LogP contribution in [-0.2, 0) is 6.54 Å². The Hall–Kier alpha value is -1.57. The zero-order valence-electron chi connectivity index (χ0n) is 11.0. The number of halogens is 1. The Balaban J connectivity index is 2.22. The summed E-state index contributed by atoms with van der Waals surface area (Å²) in [5, 5.41) is 13.3. The van der Waals surface area contributed by atoms with Gasteiger partial charge in [-0.25, -0.2) is 0 Å². The maximum absolute atomic E-state index is 9.02. The van der Waals surface area contributed by atoms with Gasteiger partial charge in [0.15, 0.2) is 5.15 Å². The first kappa shape index (κ1) is 13.9. The zero-order valence-corrected chi connectivity index (χ0v) is 12.6. The summed E-state index contributed by atoms with van der Waals surface area (Å²) in [5.41, 5.74) is 5.43. The summed E-state index contributed by atoms with van der Waals surface area (Å²) in [4.78, 5) is 0. The van der Waals surface area contributed by atoms with Gasteiger partial charge in [-0.3, -0.25) is 0 Å². The molecule has 0 aliphatic carbocycles. The van der Waals surface area contributed by atoms with Crippen LogP contribution in [0.2, 0.25) is 5.15 Å². The average molecular weight is 292 g/mol. The maximum atomic E-state index is 9.02. The van der Waals surface area contributed by atoms with Crippen LogP contribution < -0.4 is 5.32 Å². The number of anilines is 1. The number of benzene rings is 1. The highest BCUT2D eigenvalue weighted by atomic mass is 35.5. The van der Waals surface area contributed by atoms with Crippen molar-refractivity contribution in [3.63, 3.8) is 0 Å². The highest BCUT2D eigenvalue weighted by molar-refractivity contribution is 7.10. The number of nitriles is 1. The van der Waals surface area contributed by atoms with Crippen LogP contribution in [0.4, 0.5) is 5.00 Å². The van der Waals surface area contributed by atoms with E-state index in [1.54, 1.807) is 0 Å². The SMILES string of the molecule is Cc1cc(C)c(CNc2snc(Cl)c2C#N)c(C)c1. The molecule has 0 saturated heterocycles. The summed E-state index contributed by atoms with van der Waals surface area (Å²) in [5.74, 6) is 0. The van der Waals surface area contributed by atoms with Gasteiger partial charge in [0.05, 0.1) is 0 Å². The Labute approximate surface area is 122 Å². The molecule has 1 aromatic heterocycles. The number of aryl methyl sites for hydroxylation is 3. The molecule has 2 aromatic rings. The Morgan fingerprint density at radius 1 is 1.32 bits per heavy atom. The Kier molecular flexibility index (Phi) is 4.08. The first-order valence-corrected chi connectivity index (χ1v) is 7.04. The van der Waals surface area contributed by atoms with E-state index in [-0.39, 0.29) is 5.15 Å². The molecule has 0 atom stereocenters. The fourth-order valence-electron chi connectivity index (χ4n) is 2.15. The minimum Gasteiger partial charge on any atom is -0.370 e. The predicted octanol–water partition coefficient (Wildman–Crippen LogP) is 4.21. The van der Waals surface area contributed by atoms with E-state index >= 15 is 0 Å². The van der Waals surface area contributed by atoms with E-state index in [9.17, 15) is 0 Å². The van der Waals surface area contributed by atoms with Crippen LogP contribution in [0.5, 0.6) is 0 Å². The summed E-state index contributed by atoms with van der Waals surface area (Å²) in [7, 11) is 0. The van der Waals surface area contributed by atoms with Crippen molar-refractivity contribution in [1.82, 2.24) is 4.37 Å². The molecule has 0 aliphatic heterocycles. The lowest BCUT2D eigenvalue weighted by Gasteiger charge is -2.12. The van der Waals surface area contributed by atoms with Crippen molar-refractivity contribution in [2.45, 2.75) is 27.3 Å². The van der Waals surface area contributed by atoms with Crippen LogP contribution in [0, 0.1) is 32.1 Å². The van der Waals surface area contributed by atoms with Gasteiger partial charge in [0.1, 0.15) is 16.6 Å². The standard InChI is InChI=1S/C14H14ClN3S/c1-8-4-9(2)12(10(3)5-8)7-17-14-11(6-16)13(15)18-19-14/h4-5,17H,7H2,1-3H3. The molecule has 0 unspecified atom stereocenters. The third kappa shape index (κ3) is 2.89. The van der Waals surface area contributed by atoms with E-state index < -0.39 is 0 Å². The summed E-state index contributed by atoms with van der Waals surface area (Å²) in [6, 6.07) is 6.40. The van der Waals surface area contributed by atoms with Gasteiger partial charge in [-0.15, -0.1) is 0 Å². The van der Waals surface area contributed by atoms with Crippen LogP contribution in [0.3, 0.4) is 0 Å². The summed E-state index contributed by atoms with van der Waals surface area (Å²) < 4.78 is 3.98. The number of nitrogens with one attached hydrogen (secondary N) is 1. The van der Waals surface area contributed by atoms with Gasteiger partial charge in [-0.05, 0) is 49.0 Å². The molecule has 3 nitrogen and oxygen atoms in total. The first-order chi connectivity index (χ1) is 9.02. The molecule has 1 aromatic carbocycles. The number of hydrogen-bond acceptors (Lipinski definition) is 4. The molecule has 0 saturated carbocycles. The normalized spacial score (nSPS) is 10.3. The number of aromatic nitrogens is 1. The lowest BCUT2D eigenvalue weighted by molar-refractivity contribution is 1.09. The van der Waals surface area contributed by atoms with Crippen molar-refractivity contribution in [2.75, 3.05) is 5.32 Å². The van der Waals surface area contributed by atoms with Crippen molar-refractivity contribution >= 4 is 28.1 Å². The molecule has 0 amide bonds. The lowest BCUT2D eigenvalue weighted by atomic mass is 10.00. The van der Waals surface area contributed by atoms with Gasteiger partial charge in [0.25, 0.3) is 0 Å². The van der Waals surface area contributed by atoms with Crippen LogP contribution in [0.1, 0.15) is 27.8 Å². The van der Waals surface area contributed by atoms with E-state index in [1.807, 2.05) is 0 Å². The topological polar surface area (TPSA) is 48.7 Å². The third-order valence-electron chi connectivity index (χ3n) is 3.03. The molecule has 1 heterocycles. The zero-order chi connectivity index (χ0) is 14.0. The first-order valence-electron chi connectivity index (χ1n) is 5.88. The molecule has 0 bridgehead atoms. The molecule has 0 spiro atoms. The average Bonchev–Trinajstić information content (AvgIpc) is 2.68. The van der Waals surface area contributed by atoms with E-state index in [1.165, 1.54) is 33.8 Å². The smallest absolute Gasteiger partial charge is 0.162 e. The molecule has 98 valence electrons. The minimum atomic E-state index is 0.271. The summed E-state index contributed by atoms with van der Waals surface area (Å²) in [6.07, 6.45) is 0. The van der Waals surface area contributed by atoms with Crippen molar-refractivity contribution in [2.24, 2.45) is 0 Å². The summed E-state index contributed by atoms with van der Waals surface area (Å²) >= 11 is 7.07. The number of hydrogen-bond donors (Lipinski definition) is 1. The molecule has 0 aliphatic rings. The quantitative estimate of drug-likeness (QED) is 0.922. The molecule has 1 N–H and O–H groups in total. The van der Waals surface area contributed by atoms with Crippen molar-refractivity contribution in [1.29, 1.82) is 5.26 Å². The molecule has 19 heavy (non-hydrogen) atoms. The van der Waals surface area contributed by atoms with Crippen molar-refractivity contribution < 1.29 is 0 Å². The molecule has 2 rings (SSSR count). The second-order valence-corrected chi connectivity index (χ2v) is 5.65. The molecular formula is C14H14ClN3S. The molecular weight excluding hydrogens is 278 g/mol. The van der Waals surface area contributed by atoms with Gasteiger partial charge in [0, 0.05) is 6.54 Å². The largest absolute Gasteiger partial charge is 0.370 e. The fraction of sp³-hybridized carbons (Fsp3) is 0.286. The summed E-state index contributed by atoms with van der Waals surface area (Å²) in [6.45, 7) is 6.96. The highest BCUT2D eigenvalue weighted by Gasteiger charge is 2.12. The second kappa shape index (κ2) is 5.60. The Morgan fingerprint density at radius 3 is 2.53 bits per heavy atom. The van der Waals surface area contributed by atoms with Gasteiger partial charge in [-0.2, -0.15) is 9.64 Å². The molecule has 0 radical (unpaired) electrons. The third-order valence-corrected chi connectivity index (χ3v) is 4.21. The van der Waals surface area contributed by atoms with Gasteiger partial charge >= 0.3 is 0 Å². The van der Waals surface area contributed by atoms with Gasteiger partial charge < -0.3 is 5.32 Å². The van der Waals surface area contributed by atoms with Crippen LogP contribution in [-0.4, -0.2) is 4.37 Å². The number of rotatable bonds is 3. The van der Waals surface area contributed by atoms with Crippen molar-refractivity contribution in [3.8, 4) is 6.07 Å². The Morgan fingerprint density at radius 2 is 1.95 bits per heavy atom. The van der Waals surface area contributed by atoms with Gasteiger partial charge in [0.2, 0.25) is 0 Å². The van der Waals surface area contributed by atoms with Crippen LogP contribution in [0.25, 0.3) is 0 Å². The second-order valence-electron chi connectivity index (χ2n) is 4.52. The maximum Gasteiger partial charge on any atom is 0.162 e. The minimum absolute atomic E-state index is 0.271. The van der Waals surface area contributed by atoms with E-state index in [0.29, 0.717) is 12.1 Å². The van der Waals surface area contributed by atoms with Crippen molar-refractivity contribution in [3.05, 3.63) is 45.1 Å². The van der Waals surface area contributed by atoms with Gasteiger partial charge in [-0.1, -0.05) is 29.3 Å².